The van der Waals surface area contributed by atoms with Gasteiger partial charge >= 0.3 is 0 Å². The normalized spacial score (nSPS) is 18.6. The van der Waals surface area contributed by atoms with Crippen LogP contribution in [0, 0.1) is 5.92 Å². The number of rotatable bonds is 5. The highest BCUT2D eigenvalue weighted by Crippen LogP contribution is 2.39. The minimum Gasteiger partial charge on any atom is -0.352 e. The lowest BCUT2D eigenvalue weighted by molar-refractivity contribution is -0.127. The maximum Gasteiger partial charge on any atom is 0.243 e. The summed E-state index contributed by atoms with van der Waals surface area (Å²) in [6, 6.07) is 18.6. The van der Waals surface area contributed by atoms with Gasteiger partial charge in [0.2, 0.25) is 5.91 Å². The van der Waals surface area contributed by atoms with Gasteiger partial charge in [-0.1, -0.05) is 68.9 Å². The maximum atomic E-state index is 14.1. The number of imidazole rings is 1. The Morgan fingerprint density at radius 3 is 2.31 bits per heavy atom. The summed E-state index contributed by atoms with van der Waals surface area (Å²) in [4.78, 5) is 23.8. The molecule has 35 heavy (non-hydrogen) atoms. The van der Waals surface area contributed by atoms with Crippen LogP contribution in [-0.2, 0) is 4.79 Å². The number of para-hydroxylation sites is 3. The second kappa shape index (κ2) is 9.80. The van der Waals surface area contributed by atoms with E-state index in [1.54, 1.807) is 0 Å². The van der Waals surface area contributed by atoms with E-state index in [4.69, 9.17) is 4.98 Å². The van der Waals surface area contributed by atoms with Crippen LogP contribution in [0.15, 0.2) is 60.8 Å². The van der Waals surface area contributed by atoms with Crippen LogP contribution in [0.25, 0.3) is 33.3 Å². The topological polar surface area (TPSA) is 59.8 Å². The molecule has 0 aliphatic heterocycles. The standard InChI is InChI=1S/C30H34N4O/c35-30(32-22-13-5-2-6-14-22)28(21-11-3-1-4-12-21)34-27-18-10-9-17-26(27)33-29(34)24-19-20-31-25-16-8-7-15-23(24)25/h7-10,15-22,28H,1-6,11-14H2,(H,32,35). The van der Waals surface area contributed by atoms with E-state index in [2.05, 4.69) is 51.3 Å². The molecule has 1 atom stereocenters. The molecule has 4 aromatic rings. The molecule has 1 amide bonds. The van der Waals surface area contributed by atoms with Gasteiger partial charge in [0.1, 0.15) is 11.9 Å². The van der Waals surface area contributed by atoms with Crippen molar-refractivity contribution in [1.82, 2.24) is 19.9 Å². The minimum atomic E-state index is -0.258. The molecule has 2 aliphatic rings. The minimum absolute atomic E-state index is 0.173. The fourth-order valence-corrected chi connectivity index (χ4v) is 6.33. The van der Waals surface area contributed by atoms with Gasteiger partial charge in [-0.3, -0.25) is 9.78 Å². The molecule has 0 bridgehead atoms. The molecule has 2 heterocycles. The van der Waals surface area contributed by atoms with Gasteiger partial charge in [0.25, 0.3) is 0 Å². The Balaban J connectivity index is 1.52. The highest BCUT2D eigenvalue weighted by Gasteiger charge is 2.35. The van der Waals surface area contributed by atoms with Crippen LogP contribution in [-0.4, -0.2) is 26.5 Å². The quantitative estimate of drug-likeness (QED) is 0.351. The van der Waals surface area contributed by atoms with Gasteiger partial charge in [-0.25, -0.2) is 4.98 Å². The van der Waals surface area contributed by atoms with E-state index in [-0.39, 0.29) is 11.9 Å². The smallest absolute Gasteiger partial charge is 0.243 e. The molecule has 2 aromatic heterocycles. The summed E-state index contributed by atoms with van der Waals surface area (Å²) < 4.78 is 2.27. The lowest BCUT2D eigenvalue weighted by atomic mass is 9.82. The van der Waals surface area contributed by atoms with Crippen molar-refractivity contribution in [2.24, 2.45) is 5.92 Å². The number of carbonyl (C=O) groups excluding carboxylic acids is 1. The molecular weight excluding hydrogens is 432 g/mol. The highest BCUT2D eigenvalue weighted by molar-refractivity contribution is 5.96. The third kappa shape index (κ3) is 4.33. The number of hydrogen-bond acceptors (Lipinski definition) is 3. The Hall–Kier alpha value is -3.21. The fourth-order valence-electron chi connectivity index (χ4n) is 6.33. The Morgan fingerprint density at radius 2 is 1.51 bits per heavy atom. The van der Waals surface area contributed by atoms with Crippen molar-refractivity contribution in [3.63, 3.8) is 0 Å². The van der Waals surface area contributed by atoms with Crippen LogP contribution in [0.5, 0.6) is 0 Å². The average molecular weight is 467 g/mol. The van der Waals surface area contributed by atoms with Crippen molar-refractivity contribution in [1.29, 1.82) is 0 Å². The van der Waals surface area contributed by atoms with Crippen LogP contribution < -0.4 is 5.32 Å². The summed E-state index contributed by atoms with van der Waals surface area (Å²) in [5.74, 6) is 1.36. The summed E-state index contributed by atoms with van der Waals surface area (Å²) >= 11 is 0. The number of benzene rings is 2. The highest BCUT2D eigenvalue weighted by atomic mass is 16.2. The summed E-state index contributed by atoms with van der Waals surface area (Å²) in [7, 11) is 0. The summed E-state index contributed by atoms with van der Waals surface area (Å²) in [6.07, 6.45) is 13.6. The molecule has 1 unspecified atom stereocenters. The Bertz CT molecular complexity index is 1330. The molecule has 2 fully saturated rings. The van der Waals surface area contributed by atoms with Crippen molar-refractivity contribution in [3.8, 4) is 11.4 Å². The molecule has 0 radical (unpaired) electrons. The van der Waals surface area contributed by atoms with Gasteiger partial charge in [0.05, 0.1) is 16.6 Å². The van der Waals surface area contributed by atoms with Gasteiger partial charge in [-0.2, -0.15) is 0 Å². The maximum absolute atomic E-state index is 14.1. The van der Waals surface area contributed by atoms with Crippen LogP contribution in [0.1, 0.15) is 70.3 Å². The number of nitrogens with zero attached hydrogens (tertiary/aromatic N) is 3. The van der Waals surface area contributed by atoms with Crippen LogP contribution in [0.4, 0.5) is 0 Å². The van der Waals surface area contributed by atoms with E-state index in [1.807, 2.05) is 24.4 Å². The first-order valence-electron chi connectivity index (χ1n) is 13.4. The predicted octanol–water partition coefficient (Wildman–Crippen LogP) is 6.82. The lowest BCUT2D eigenvalue weighted by Gasteiger charge is -2.34. The van der Waals surface area contributed by atoms with Gasteiger partial charge < -0.3 is 9.88 Å². The first-order chi connectivity index (χ1) is 17.3. The van der Waals surface area contributed by atoms with Crippen LogP contribution in [0.3, 0.4) is 0 Å². The van der Waals surface area contributed by atoms with Crippen molar-refractivity contribution < 1.29 is 4.79 Å². The van der Waals surface area contributed by atoms with Crippen LogP contribution >= 0.6 is 0 Å². The van der Waals surface area contributed by atoms with E-state index < -0.39 is 0 Å². The van der Waals surface area contributed by atoms with Crippen molar-refractivity contribution >= 4 is 27.8 Å². The predicted molar refractivity (Wildman–Crippen MR) is 141 cm³/mol. The van der Waals surface area contributed by atoms with Crippen molar-refractivity contribution in [2.45, 2.75) is 76.3 Å². The molecule has 5 heteroatoms. The number of pyridine rings is 1. The molecule has 0 spiro atoms. The fraction of sp³-hybridized carbons (Fsp3) is 0.433. The van der Waals surface area contributed by atoms with Gasteiger partial charge in [-0.05, 0) is 55.9 Å². The van der Waals surface area contributed by atoms with Gasteiger partial charge in [0.15, 0.2) is 0 Å². The number of carbonyl (C=O) groups is 1. The lowest BCUT2D eigenvalue weighted by Crippen LogP contribution is -2.43. The second-order valence-corrected chi connectivity index (χ2v) is 10.4. The molecule has 1 N–H and O–H groups in total. The van der Waals surface area contributed by atoms with Crippen molar-refractivity contribution in [2.75, 3.05) is 0 Å². The molecule has 0 saturated heterocycles. The first-order valence-corrected chi connectivity index (χ1v) is 13.4. The van der Waals surface area contributed by atoms with Gasteiger partial charge in [-0.15, -0.1) is 0 Å². The molecule has 6 rings (SSSR count). The van der Waals surface area contributed by atoms with Gasteiger partial charge in [0, 0.05) is 23.2 Å². The molecule has 180 valence electrons. The van der Waals surface area contributed by atoms with Crippen LogP contribution in [0.2, 0.25) is 0 Å². The Kier molecular flexibility index (Phi) is 6.24. The largest absolute Gasteiger partial charge is 0.352 e. The Labute approximate surface area is 207 Å². The zero-order chi connectivity index (χ0) is 23.6. The van der Waals surface area contributed by atoms with E-state index in [9.17, 15) is 4.79 Å². The number of aromatic nitrogens is 3. The van der Waals surface area contributed by atoms with Crippen molar-refractivity contribution in [3.05, 3.63) is 60.8 Å². The number of amides is 1. The SMILES string of the molecule is O=C(NC1CCCCC1)C(C1CCCCC1)n1c(-c2ccnc3ccccc23)nc2ccccc21. The summed E-state index contributed by atoms with van der Waals surface area (Å²) in [6.45, 7) is 0. The van der Waals surface area contributed by atoms with E-state index >= 15 is 0 Å². The zero-order valence-corrected chi connectivity index (χ0v) is 20.3. The van der Waals surface area contributed by atoms with E-state index in [0.29, 0.717) is 12.0 Å². The third-order valence-electron chi connectivity index (χ3n) is 8.08. The van der Waals surface area contributed by atoms with E-state index in [1.165, 1.54) is 38.5 Å². The number of fused-ring (bicyclic) bond motifs is 2. The molecule has 2 aromatic carbocycles. The third-order valence-corrected chi connectivity index (χ3v) is 8.08. The molecule has 2 saturated carbocycles. The number of hydrogen-bond donors (Lipinski definition) is 1. The Morgan fingerprint density at radius 1 is 0.829 bits per heavy atom. The first kappa shape index (κ1) is 22.3. The summed E-state index contributed by atoms with van der Waals surface area (Å²) in [5, 5.41) is 4.56. The van der Waals surface area contributed by atoms with E-state index in [0.717, 1.165) is 59.0 Å². The molecule has 2 aliphatic carbocycles. The monoisotopic (exact) mass is 466 g/mol. The average Bonchev–Trinajstić information content (AvgIpc) is 3.29. The summed E-state index contributed by atoms with van der Waals surface area (Å²) in [5.41, 5.74) is 3.97. The zero-order valence-electron chi connectivity index (χ0n) is 20.3. The molecule has 5 nitrogen and oxygen atoms in total. The number of nitrogens with one attached hydrogen (secondary N) is 1. The second-order valence-electron chi connectivity index (χ2n) is 10.4. The molecular formula is C30H34N4O.